The van der Waals surface area contributed by atoms with Gasteiger partial charge in [-0.2, -0.15) is 5.26 Å². The van der Waals surface area contributed by atoms with Gasteiger partial charge in [0.15, 0.2) is 0 Å². The van der Waals surface area contributed by atoms with Crippen LogP contribution in [0.3, 0.4) is 0 Å². The molecular weight excluding hydrogens is 300 g/mol. The number of nitrogen functional groups attached to an aromatic ring is 1. The van der Waals surface area contributed by atoms with E-state index in [0.717, 1.165) is 48.3 Å². The minimum Gasteiger partial charge on any atom is -0.397 e. The van der Waals surface area contributed by atoms with Crippen LogP contribution >= 0.6 is 0 Å². The second kappa shape index (κ2) is 5.50. The zero-order valence-electron chi connectivity index (χ0n) is 13.4. The molecule has 2 aliphatic rings. The number of piperidine rings is 1. The van der Waals surface area contributed by atoms with Gasteiger partial charge in [-0.15, -0.1) is 0 Å². The molecule has 1 aliphatic carbocycles. The summed E-state index contributed by atoms with van der Waals surface area (Å²) >= 11 is 0. The highest BCUT2D eigenvalue weighted by Crippen LogP contribution is 2.50. The normalized spacial score (nSPS) is 25.0. The van der Waals surface area contributed by atoms with Crippen LogP contribution in [0.2, 0.25) is 0 Å². The predicted molar refractivity (Wildman–Crippen MR) is 93.3 cm³/mol. The Balaban J connectivity index is 1.75. The number of nitrogens with two attached hydrogens (primary N) is 1. The van der Waals surface area contributed by atoms with Crippen LogP contribution in [0.5, 0.6) is 0 Å². The van der Waals surface area contributed by atoms with E-state index in [-0.39, 0.29) is 12.0 Å². The Morgan fingerprint density at radius 2 is 2.29 bits per heavy atom. The maximum Gasteiger partial charge on any atom is 0.0999 e. The number of anilines is 2. The number of pyridine rings is 1. The van der Waals surface area contributed by atoms with E-state index in [4.69, 9.17) is 5.73 Å². The third-order valence-corrected chi connectivity index (χ3v) is 5.55. The molecule has 4 rings (SSSR count). The number of aromatic nitrogens is 1. The summed E-state index contributed by atoms with van der Waals surface area (Å²) < 4.78 is 0. The minimum atomic E-state index is 0.0270. The molecule has 1 saturated heterocycles. The molecule has 24 heavy (non-hydrogen) atoms. The van der Waals surface area contributed by atoms with E-state index in [0.29, 0.717) is 11.6 Å². The summed E-state index contributed by atoms with van der Waals surface area (Å²) in [4.78, 5) is 6.49. The van der Waals surface area contributed by atoms with E-state index in [1.54, 1.807) is 18.5 Å². The molecule has 1 aliphatic heterocycles. The van der Waals surface area contributed by atoms with Gasteiger partial charge in [-0.1, -0.05) is 6.07 Å². The average Bonchev–Trinajstić information content (AvgIpc) is 3.21. The first-order valence-corrected chi connectivity index (χ1v) is 8.27. The minimum absolute atomic E-state index is 0.0270. The molecule has 1 aromatic carbocycles. The first kappa shape index (κ1) is 15.0. The largest absolute Gasteiger partial charge is 0.397 e. The van der Waals surface area contributed by atoms with Crippen molar-refractivity contribution in [3.8, 4) is 17.2 Å². The topological polar surface area (TPSA) is 86.2 Å². The van der Waals surface area contributed by atoms with Crippen LogP contribution in [0.15, 0.2) is 36.7 Å². The van der Waals surface area contributed by atoms with Gasteiger partial charge in [-0.3, -0.25) is 4.98 Å². The van der Waals surface area contributed by atoms with Crippen molar-refractivity contribution in [1.82, 2.24) is 4.98 Å². The molecule has 1 aromatic heterocycles. The Labute approximate surface area is 141 Å². The highest BCUT2D eigenvalue weighted by molar-refractivity contribution is 5.79. The van der Waals surface area contributed by atoms with Crippen LogP contribution in [0.1, 0.15) is 24.8 Å². The fourth-order valence-corrected chi connectivity index (χ4v) is 4.23. The second-order valence-electron chi connectivity index (χ2n) is 6.99. The summed E-state index contributed by atoms with van der Waals surface area (Å²) in [5.41, 5.74) is 10.4. The van der Waals surface area contributed by atoms with Crippen LogP contribution < -0.4 is 10.6 Å². The number of benzene rings is 1. The van der Waals surface area contributed by atoms with E-state index >= 15 is 0 Å². The summed E-state index contributed by atoms with van der Waals surface area (Å²) in [6.07, 6.45) is 6.57. The number of nitriles is 1. The van der Waals surface area contributed by atoms with Crippen molar-refractivity contribution < 1.29 is 5.11 Å². The van der Waals surface area contributed by atoms with Crippen molar-refractivity contribution in [3.63, 3.8) is 0 Å². The van der Waals surface area contributed by atoms with Crippen LogP contribution in [-0.4, -0.2) is 29.3 Å². The Morgan fingerprint density at radius 1 is 1.42 bits per heavy atom. The first-order valence-electron chi connectivity index (χ1n) is 8.27. The van der Waals surface area contributed by atoms with Gasteiger partial charge in [-0.25, -0.2) is 0 Å². The third kappa shape index (κ3) is 2.22. The molecule has 1 saturated carbocycles. The van der Waals surface area contributed by atoms with E-state index < -0.39 is 0 Å². The standard InChI is InChI=1S/C19H20N4O/c20-9-14-4-6-22-10-16(14)13-1-2-17(21)18(7-13)23-11-19(12-24)5-3-15(23)8-19/h1-2,4,6-7,10,15,24H,3,5,8,11-12,21H2/t15-,19-/m1/s1. The lowest BCUT2D eigenvalue weighted by Gasteiger charge is -2.34. The predicted octanol–water partition coefficient (Wildman–Crippen LogP) is 2.55. The number of nitrogens with zero attached hydrogens (tertiary/aromatic N) is 3. The summed E-state index contributed by atoms with van der Waals surface area (Å²) in [5.74, 6) is 0. The lowest BCUT2D eigenvalue weighted by Crippen LogP contribution is -2.37. The molecule has 2 aromatic rings. The Hall–Kier alpha value is -2.58. The number of fused-ring (bicyclic) bond motifs is 2. The third-order valence-electron chi connectivity index (χ3n) is 5.55. The molecule has 3 N–H and O–H groups in total. The second-order valence-corrected chi connectivity index (χ2v) is 6.99. The van der Waals surface area contributed by atoms with Crippen LogP contribution in [0.25, 0.3) is 11.1 Å². The molecule has 2 heterocycles. The molecule has 0 unspecified atom stereocenters. The summed E-state index contributed by atoms with van der Waals surface area (Å²) in [5, 5.41) is 19.1. The van der Waals surface area contributed by atoms with Crippen molar-refractivity contribution in [2.24, 2.45) is 5.41 Å². The molecule has 5 nitrogen and oxygen atoms in total. The zero-order valence-corrected chi connectivity index (χ0v) is 13.4. The smallest absolute Gasteiger partial charge is 0.0999 e. The van der Waals surface area contributed by atoms with Gasteiger partial charge in [0, 0.05) is 36.0 Å². The molecule has 2 bridgehead atoms. The molecule has 2 atom stereocenters. The van der Waals surface area contributed by atoms with Gasteiger partial charge in [0.1, 0.15) is 0 Å². The van der Waals surface area contributed by atoms with Gasteiger partial charge < -0.3 is 15.7 Å². The van der Waals surface area contributed by atoms with E-state index in [1.807, 2.05) is 12.1 Å². The lowest BCUT2D eigenvalue weighted by molar-refractivity contribution is 0.148. The van der Waals surface area contributed by atoms with Gasteiger partial charge in [-0.05, 0) is 43.0 Å². The fraction of sp³-hybridized carbons (Fsp3) is 0.368. The molecule has 122 valence electrons. The van der Waals surface area contributed by atoms with Gasteiger partial charge in [0.25, 0.3) is 0 Å². The molecule has 5 heteroatoms. The van der Waals surface area contributed by atoms with E-state index in [2.05, 4.69) is 22.0 Å². The van der Waals surface area contributed by atoms with Crippen molar-refractivity contribution in [3.05, 3.63) is 42.2 Å². The summed E-state index contributed by atoms with van der Waals surface area (Å²) in [6.45, 7) is 1.08. The number of hydrogen-bond donors (Lipinski definition) is 2. The lowest BCUT2D eigenvalue weighted by atomic mass is 9.88. The van der Waals surface area contributed by atoms with Gasteiger partial charge in [0.05, 0.1) is 29.6 Å². The van der Waals surface area contributed by atoms with E-state index in [9.17, 15) is 10.4 Å². The average molecular weight is 320 g/mol. The SMILES string of the molecule is N#Cc1ccncc1-c1ccc(N)c(N2C[C@@]3(CO)CC[C@@H]2C3)c1. The summed E-state index contributed by atoms with van der Waals surface area (Å²) in [6, 6.07) is 10.3. The Kier molecular flexibility index (Phi) is 3.43. The number of aliphatic hydroxyl groups is 1. The monoisotopic (exact) mass is 320 g/mol. The highest BCUT2D eigenvalue weighted by atomic mass is 16.3. The fourth-order valence-electron chi connectivity index (χ4n) is 4.23. The number of rotatable bonds is 3. The maximum absolute atomic E-state index is 9.78. The zero-order chi connectivity index (χ0) is 16.7. The number of aliphatic hydroxyl groups excluding tert-OH is 1. The highest BCUT2D eigenvalue weighted by Gasteiger charge is 2.49. The van der Waals surface area contributed by atoms with Crippen LogP contribution in [0, 0.1) is 16.7 Å². The van der Waals surface area contributed by atoms with E-state index in [1.165, 1.54) is 0 Å². The number of hydrogen-bond acceptors (Lipinski definition) is 5. The molecule has 0 spiro atoms. The van der Waals surface area contributed by atoms with Gasteiger partial charge in [0.2, 0.25) is 0 Å². The molecule has 0 radical (unpaired) electrons. The van der Waals surface area contributed by atoms with Gasteiger partial charge >= 0.3 is 0 Å². The Bertz CT molecular complexity index is 828. The molecular formula is C19H20N4O. The van der Waals surface area contributed by atoms with Crippen LogP contribution in [0.4, 0.5) is 11.4 Å². The molecule has 0 amide bonds. The Morgan fingerprint density at radius 3 is 3.04 bits per heavy atom. The van der Waals surface area contributed by atoms with Crippen molar-refractivity contribution in [2.75, 3.05) is 23.8 Å². The quantitative estimate of drug-likeness (QED) is 0.849. The van der Waals surface area contributed by atoms with Crippen molar-refractivity contribution in [2.45, 2.75) is 25.3 Å². The van der Waals surface area contributed by atoms with Crippen LogP contribution in [-0.2, 0) is 0 Å². The first-order chi connectivity index (χ1) is 11.7. The maximum atomic E-state index is 9.78. The summed E-state index contributed by atoms with van der Waals surface area (Å²) in [7, 11) is 0. The van der Waals surface area contributed by atoms with Crippen molar-refractivity contribution in [1.29, 1.82) is 5.26 Å². The molecule has 2 fully saturated rings. The van der Waals surface area contributed by atoms with Crippen molar-refractivity contribution >= 4 is 11.4 Å².